The highest BCUT2D eigenvalue weighted by molar-refractivity contribution is 5.68. The molecule has 0 radical (unpaired) electrons. The fraction of sp³-hybridized carbons (Fsp3) is 0.556. The minimum Gasteiger partial charge on any atom is -0.0952 e. The Hall–Kier alpha value is -1.04. The summed E-state index contributed by atoms with van der Waals surface area (Å²) >= 11 is 0. The largest absolute Gasteiger partial charge is 0.0952 e. The first-order chi connectivity index (χ1) is 8.65. The monoisotopic (exact) mass is 244 g/mol. The fourth-order valence-corrected chi connectivity index (χ4v) is 2.58. The molecule has 1 rings (SSSR count). The first kappa shape index (κ1) is 15.0. The second-order valence-corrected chi connectivity index (χ2v) is 5.14. The molecule has 0 aliphatic rings. The predicted molar refractivity (Wildman–Crippen MR) is 83.1 cm³/mol. The highest BCUT2D eigenvalue weighted by Crippen LogP contribution is 2.27. The SMILES string of the molecule is C=C(CC)c1ccc(CC)c(C)c1CCCCC. The molecule has 0 fully saturated rings. The van der Waals surface area contributed by atoms with E-state index < -0.39 is 0 Å². The summed E-state index contributed by atoms with van der Waals surface area (Å²) in [7, 11) is 0. The lowest BCUT2D eigenvalue weighted by Crippen LogP contribution is -2.01. The van der Waals surface area contributed by atoms with Crippen LogP contribution in [-0.2, 0) is 12.8 Å². The highest BCUT2D eigenvalue weighted by Gasteiger charge is 2.10. The summed E-state index contributed by atoms with van der Waals surface area (Å²) in [5.74, 6) is 0. The minimum atomic E-state index is 1.05. The molecule has 0 saturated carbocycles. The van der Waals surface area contributed by atoms with Crippen LogP contribution >= 0.6 is 0 Å². The highest BCUT2D eigenvalue weighted by atomic mass is 14.2. The van der Waals surface area contributed by atoms with E-state index in [0.29, 0.717) is 0 Å². The molecule has 0 unspecified atom stereocenters. The summed E-state index contributed by atoms with van der Waals surface area (Å²) in [5.41, 5.74) is 7.24. The second kappa shape index (κ2) is 7.41. The van der Waals surface area contributed by atoms with Gasteiger partial charge < -0.3 is 0 Å². The minimum absolute atomic E-state index is 1.05. The van der Waals surface area contributed by atoms with E-state index in [2.05, 4.69) is 46.4 Å². The Morgan fingerprint density at radius 2 is 1.83 bits per heavy atom. The van der Waals surface area contributed by atoms with Crippen LogP contribution in [0.2, 0.25) is 0 Å². The molecule has 0 atom stereocenters. The molecule has 18 heavy (non-hydrogen) atoms. The van der Waals surface area contributed by atoms with Crippen LogP contribution in [0.5, 0.6) is 0 Å². The van der Waals surface area contributed by atoms with Gasteiger partial charge in [-0.25, -0.2) is 0 Å². The van der Waals surface area contributed by atoms with Crippen molar-refractivity contribution in [3.05, 3.63) is 41.0 Å². The topological polar surface area (TPSA) is 0 Å². The Morgan fingerprint density at radius 3 is 2.39 bits per heavy atom. The number of aryl methyl sites for hydroxylation is 1. The van der Waals surface area contributed by atoms with Crippen molar-refractivity contribution in [2.45, 2.75) is 66.2 Å². The maximum Gasteiger partial charge on any atom is -0.0196 e. The van der Waals surface area contributed by atoms with Crippen molar-refractivity contribution in [1.29, 1.82) is 0 Å². The average molecular weight is 244 g/mol. The van der Waals surface area contributed by atoms with Gasteiger partial charge in [0.2, 0.25) is 0 Å². The summed E-state index contributed by atoms with van der Waals surface area (Å²) in [6.45, 7) is 13.2. The third kappa shape index (κ3) is 3.48. The Balaban J connectivity index is 3.09. The van der Waals surface area contributed by atoms with Crippen molar-refractivity contribution in [2.24, 2.45) is 0 Å². The van der Waals surface area contributed by atoms with Gasteiger partial charge in [0.1, 0.15) is 0 Å². The van der Waals surface area contributed by atoms with Crippen LogP contribution in [0.3, 0.4) is 0 Å². The standard InChI is InChI=1S/C18H28/c1-6-9-10-11-18-15(5)16(8-3)12-13-17(18)14(4)7-2/h12-13H,4,6-11H2,1-3,5H3. The third-order valence-electron chi connectivity index (χ3n) is 3.93. The molecule has 0 heterocycles. The smallest absolute Gasteiger partial charge is 0.0196 e. The number of hydrogen-bond acceptors (Lipinski definition) is 0. The maximum absolute atomic E-state index is 4.23. The van der Waals surface area contributed by atoms with Crippen LogP contribution in [0.15, 0.2) is 18.7 Å². The molecule has 100 valence electrons. The summed E-state index contributed by atoms with van der Waals surface area (Å²) in [6.07, 6.45) is 7.30. The third-order valence-corrected chi connectivity index (χ3v) is 3.93. The Bertz CT molecular complexity index is 399. The second-order valence-electron chi connectivity index (χ2n) is 5.14. The number of hydrogen-bond donors (Lipinski definition) is 0. The van der Waals surface area contributed by atoms with Gasteiger partial charge in [0, 0.05) is 0 Å². The van der Waals surface area contributed by atoms with Gasteiger partial charge in [-0.05, 0) is 60.4 Å². The van der Waals surface area contributed by atoms with Crippen LogP contribution in [0.25, 0.3) is 5.57 Å². The van der Waals surface area contributed by atoms with E-state index in [-0.39, 0.29) is 0 Å². The van der Waals surface area contributed by atoms with Crippen molar-refractivity contribution < 1.29 is 0 Å². The van der Waals surface area contributed by atoms with Crippen molar-refractivity contribution in [1.82, 2.24) is 0 Å². The van der Waals surface area contributed by atoms with Gasteiger partial charge in [-0.15, -0.1) is 0 Å². The number of unbranched alkanes of at least 4 members (excludes halogenated alkanes) is 2. The zero-order chi connectivity index (χ0) is 13.5. The summed E-state index contributed by atoms with van der Waals surface area (Å²) in [5, 5.41) is 0. The molecule has 1 aromatic rings. The molecular formula is C18H28. The fourth-order valence-electron chi connectivity index (χ4n) is 2.58. The molecule has 0 spiro atoms. The van der Waals surface area contributed by atoms with E-state index in [1.165, 1.54) is 47.9 Å². The number of allylic oxidation sites excluding steroid dienone is 1. The van der Waals surface area contributed by atoms with Crippen molar-refractivity contribution >= 4 is 5.57 Å². The van der Waals surface area contributed by atoms with Gasteiger partial charge in [-0.1, -0.05) is 52.3 Å². The van der Waals surface area contributed by atoms with Crippen molar-refractivity contribution in [3.63, 3.8) is 0 Å². The van der Waals surface area contributed by atoms with Gasteiger partial charge in [0.25, 0.3) is 0 Å². The van der Waals surface area contributed by atoms with E-state index in [1.807, 2.05) is 0 Å². The van der Waals surface area contributed by atoms with Crippen LogP contribution in [0.1, 0.15) is 68.7 Å². The maximum atomic E-state index is 4.23. The Labute approximate surface area is 113 Å². The van der Waals surface area contributed by atoms with Gasteiger partial charge in [0.15, 0.2) is 0 Å². The predicted octanol–water partition coefficient (Wildman–Crippen LogP) is 5.71. The van der Waals surface area contributed by atoms with E-state index >= 15 is 0 Å². The molecule has 0 aliphatic heterocycles. The van der Waals surface area contributed by atoms with Gasteiger partial charge in [-0.3, -0.25) is 0 Å². The van der Waals surface area contributed by atoms with Crippen LogP contribution in [-0.4, -0.2) is 0 Å². The zero-order valence-electron chi connectivity index (χ0n) is 12.6. The lowest BCUT2D eigenvalue weighted by Gasteiger charge is -2.17. The van der Waals surface area contributed by atoms with Gasteiger partial charge in [-0.2, -0.15) is 0 Å². The lowest BCUT2D eigenvalue weighted by molar-refractivity contribution is 0.713. The molecule has 0 aliphatic carbocycles. The first-order valence-corrected chi connectivity index (χ1v) is 7.45. The van der Waals surface area contributed by atoms with Gasteiger partial charge in [0.05, 0.1) is 0 Å². The van der Waals surface area contributed by atoms with Crippen LogP contribution < -0.4 is 0 Å². The number of rotatable bonds is 7. The summed E-state index contributed by atoms with van der Waals surface area (Å²) < 4.78 is 0. The Morgan fingerprint density at radius 1 is 1.11 bits per heavy atom. The molecular weight excluding hydrogens is 216 g/mol. The van der Waals surface area contributed by atoms with Crippen molar-refractivity contribution in [3.8, 4) is 0 Å². The molecule has 0 amide bonds. The number of benzene rings is 1. The summed E-state index contributed by atoms with van der Waals surface area (Å²) in [4.78, 5) is 0. The van der Waals surface area contributed by atoms with E-state index in [1.54, 1.807) is 5.56 Å². The summed E-state index contributed by atoms with van der Waals surface area (Å²) in [6, 6.07) is 4.58. The van der Waals surface area contributed by atoms with Crippen LogP contribution in [0.4, 0.5) is 0 Å². The molecule has 0 N–H and O–H groups in total. The molecule has 0 heteroatoms. The molecule has 0 saturated heterocycles. The van der Waals surface area contributed by atoms with E-state index in [0.717, 1.165) is 12.8 Å². The molecule has 0 aromatic heterocycles. The van der Waals surface area contributed by atoms with Crippen molar-refractivity contribution in [2.75, 3.05) is 0 Å². The zero-order valence-corrected chi connectivity index (χ0v) is 12.6. The Kier molecular flexibility index (Phi) is 6.18. The van der Waals surface area contributed by atoms with E-state index in [9.17, 15) is 0 Å². The van der Waals surface area contributed by atoms with Crippen LogP contribution in [0, 0.1) is 6.92 Å². The lowest BCUT2D eigenvalue weighted by atomic mass is 9.88. The van der Waals surface area contributed by atoms with Gasteiger partial charge >= 0.3 is 0 Å². The molecule has 0 nitrogen and oxygen atoms in total. The van der Waals surface area contributed by atoms with E-state index in [4.69, 9.17) is 0 Å². The quantitative estimate of drug-likeness (QED) is 0.539. The molecule has 0 bridgehead atoms. The molecule has 1 aromatic carbocycles. The first-order valence-electron chi connectivity index (χ1n) is 7.45. The average Bonchev–Trinajstić information content (AvgIpc) is 2.39. The normalized spacial score (nSPS) is 10.7.